The van der Waals surface area contributed by atoms with E-state index in [9.17, 15) is 4.79 Å². The highest BCUT2D eigenvalue weighted by molar-refractivity contribution is 7.22. The zero-order valence-corrected chi connectivity index (χ0v) is 20.6. The number of carbonyl (C=O) groups excluding carboxylic acids is 1. The van der Waals surface area contributed by atoms with Gasteiger partial charge in [0.15, 0.2) is 16.6 Å². The number of thiazole rings is 1. The molecule has 0 radical (unpaired) electrons. The Morgan fingerprint density at radius 2 is 1.62 bits per heavy atom. The number of morpholine rings is 1. The summed E-state index contributed by atoms with van der Waals surface area (Å²) in [5.41, 5.74) is 1.15. The molecule has 1 aliphatic rings. The van der Waals surface area contributed by atoms with Crippen LogP contribution < -0.4 is 23.8 Å². The molecular formula is C24H29N3O6S. The van der Waals surface area contributed by atoms with E-state index in [4.69, 9.17) is 28.7 Å². The van der Waals surface area contributed by atoms with Crippen LogP contribution in [0.2, 0.25) is 0 Å². The fraction of sp³-hybridized carbons (Fsp3) is 0.417. The molecule has 1 fully saturated rings. The van der Waals surface area contributed by atoms with Crippen molar-refractivity contribution in [3.63, 3.8) is 0 Å². The SMILES string of the molecule is COc1ccc(C(=O)N(CCN2CCOCC2)c2nc3c(OC)ccc(OC)c3s2)cc1OC. The lowest BCUT2D eigenvalue weighted by atomic mass is 10.1. The van der Waals surface area contributed by atoms with Crippen molar-refractivity contribution in [1.29, 1.82) is 0 Å². The Hall–Kier alpha value is -3.08. The molecule has 3 aromatic rings. The second-order valence-corrected chi connectivity index (χ2v) is 8.60. The maximum absolute atomic E-state index is 13.8. The summed E-state index contributed by atoms with van der Waals surface area (Å²) in [5, 5.41) is 0.575. The van der Waals surface area contributed by atoms with E-state index in [0.717, 1.165) is 17.8 Å². The van der Waals surface area contributed by atoms with Crippen molar-refractivity contribution in [2.24, 2.45) is 0 Å². The lowest BCUT2D eigenvalue weighted by molar-refractivity contribution is 0.0391. The number of amides is 1. The highest BCUT2D eigenvalue weighted by Crippen LogP contribution is 2.40. The molecule has 10 heteroatoms. The summed E-state index contributed by atoms with van der Waals surface area (Å²) in [6, 6.07) is 8.82. The van der Waals surface area contributed by atoms with E-state index in [1.165, 1.54) is 11.3 Å². The first-order valence-corrected chi connectivity index (χ1v) is 11.8. The minimum Gasteiger partial charge on any atom is -0.495 e. The number of anilines is 1. The van der Waals surface area contributed by atoms with E-state index in [1.807, 2.05) is 12.1 Å². The number of methoxy groups -OCH3 is 4. The van der Waals surface area contributed by atoms with E-state index in [-0.39, 0.29) is 5.91 Å². The highest BCUT2D eigenvalue weighted by Gasteiger charge is 2.25. The molecule has 2 aromatic carbocycles. The second-order valence-electron chi connectivity index (χ2n) is 7.62. The summed E-state index contributed by atoms with van der Waals surface area (Å²) in [5.74, 6) is 2.20. The third-order valence-corrected chi connectivity index (χ3v) is 6.84. The molecule has 1 amide bonds. The summed E-state index contributed by atoms with van der Waals surface area (Å²) in [4.78, 5) is 22.6. The summed E-state index contributed by atoms with van der Waals surface area (Å²) in [6.45, 7) is 4.22. The molecule has 2 heterocycles. The van der Waals surface area contributed by atoms with Crippen LogP contribution in [0.5, 0.6) is 23.0 Å². The smallest absolute Gasteiger partial charge is 0.260 e. The first-order valence-electron chi connectivity index (χ1n) is 10.9. The molecule has 1 saturated heterocycles. The first kappa shape index (κ1) is 24.1. The van der Waals surface area contributed by atoms with Gasteiger partial charge in [0.1, 0.15) is 21.7 Å². The van der Waals surface area contributed by atoms with Crippen molar-refractivity contribution in [1.82, 2.24) is 9.88 Å². The molecule has 0 atom stereocenters. The average molecular weight is 488 g/mol. The number of hydrogen-bond donors (Lipinski definition) is 0. The summed E-state index contributed by atoms with van der Waals surface area (Å²) >= 11 is 1.40. The van der Waals surface area contributed by atoms with Gasteiger partial charge in [-0.2, -0.15) is 0 Å². The highest BCUT2D eigenvalue weighted by atomic mass is 32.1. The fourth-order valence-corrected chi connectivity index (χ4v) is 4.96. The lowest BCUT2D eigenvalue weighted by Crippen LogP contribution is -2.43. The molecular weight excluding hydrogens is 458 g/mol. The lowest BCUT2D eigenvalue weighted by Gasteiger charge is -2.29. The van der Waals surface area contributed by atoms with Crippen molar-refractivity contribution < 1.29 is 28.5 Å². The van der Waals surface area contributed by atoms with E-state index in [0.29, 0.717) is 65.5 Å². The number of ether oxygens (including phenoxy) is 5. The van der Waals surface area contributed by atoms with E-state index in [1.54, 1.807) is 51.5 Å². The minimum atomic E-state index is -0.175. The van der Waals surface area contributed by atoms with Gasteiger partial charge in [0.2, 0.25) is 0 Å². The van der Waals surface area contributed by atoms with Crippen molar-refractivity contribution in [2.45, 2.75) is 0 Å². The number of benzene rings is 2. The van der Waals surface area contributed by atoms with Gasteiger partial charge in [-0.1, -0.05) is 11.3 Å². The molecule has 0 unspecified atom stereocenters. The van der Waals surface area contributed by atoms with Crippen molar-refractivity contribution in [3.8, 4) is 23.0 Å². The Labute approximate surface area is 202 Å². The van der Waals surface area contributed by atoms with Gasteiger partial charge in [0.25, 0.3) is 5.91 Å². The van der Waals surface area contributed by atoms with Gasteiger partial charge in [-0.25, -0.2) is 4.98 Å². The Balaban J connectivity index is 1.72. The number of fused-ring (bicyclic) bond motifs is 1. The Bertz CT molecular complexity index is 1100. The minimum absolute atomic E-state index is 0.175. The van der Waals surface area contributed by atoms with Crippen LogP contribution in [0.15, 0.2) is 30.3 Å². The average Bonchev–Trinajstić information content (AvgIpc) is 3.33. The van der Waals surface area contributed by atoms with Crippen LogP contribution in [-0.2, 0) is 4.74 Å². The molecule has 0 aliphatic carbocycles. The van der Waals surface area contributed by atoms with Crippen LogP contribution in [0.1, 0.15) is 10.4 Å². The van der Waals surface area contributed by atoms with E-state index in [2.05, 4.69) is 4.90 Å². The normalized spacial score (nSPS) is 14.1. The van der Waals surface area contributed by atoms with Gasteiger partial charge >= 0.3 is 0 Å². The summed E-state index contributed by atoms with van der Waals surface area (Å²) < 4.78 is 28.1. The van der Waals surface area contributed by atoms with Crippen LogP contribution in [0.3, 0.4) is 0 Å². The van der Waals surface area contributed by atoms with Gasteiger partial charge in [-0.15, -0.1) is 0 Å². The van der Waals surface area contributed by atoms with Crippen LogP contribution in [0, 0.1) is 0 Å². The summed E-state index contributed by atoms with van der Waals surface area (Å²) in [7, 11) is 6.33. The molecule has 4 rings (SSSR count). The monoisotopic (exact) mass is 487 g/mol. The first-order chi connectivity index (χ1) is 16.6. The predicted octanol–water partition coefficient (Wildman–Crippen LogP) is 3.31. The van der Waals surface area contributed by atoms with E-state index < -0.39 is 0 Å². The quantitative estimate of drug-likeness (QED) is 0.455. The Morgan fingerprint density at radius 3 is 2.29 bits per heavy atom. The van der Waals surface area contributed by atoms with E-state index >= 15 is 0 Å². The Kier molecular flexibility index (Phi) is 7.71. The number of rotatable bonds is 9. The molecule has 0 N–H and O–H groups in total. The summed E-state index contributed by atoms with van der Waals surface area (Å²) in [6.07, 6.45) is 0. The van der Waals surface area contributed by atoms with Gasteiger partial charge in [0, 0.05) is 31.7 Å². The third-order valence-electron chi connectivity index (χ3n) is 5.75. The number of nitrogens with zero attached hydrogens (tertiary/aromatic N) is 3. The maximum atomic E-state index is 13.8. The van der Waals surface area contributed by atoms with Crippen LogP contribution in [0.25, 0.3) is 10.2 Å². The Morgan fingerprint density at radius 1 is 0.971 bits per heavy atom. The molecule has 1 aromatic heterocycles. The van der Waals surface area contributed by atoms with Crippen molar-refractivity contribution in [2.75, 3.05) is 72.7 Å². The number of aromatic nitrogens is 1. The van der Waals surface area contributed by atoms with Crippen molar-refractivity contribution >= 4 is 32.6 Å². The van der Waals surface area contributed by atoms with Gasteiger partial charge < -0.3 is 23.7 Å². The molecule has 1 aliphatic heterocycles. The standard InChI is InChI=1S/C24H29N3O6S/c1-29-17-6-5-16(15-20(17)32-4)23(28)27(10-9-26-11-13-33-14-12-26)24-25-21-18(30-2)7-8-19(31-3)22(21)34-24/h5-8,15H,9-14H2,1-4H3. The zero-order chi connectivity index (χ0) is 24.1. The maximum Gasteiger partial charge on any atom is 0.260 e. The third kappa shape index (κ3) is 4.89. The van der Waals surface area contributed by atoms with Gasteiger partial charge in [0.05, 0.1) is 41.7 Å². The van der Waals surface area contributed by atoms with Gasteiger partial charge in [-0.3, -0.25) is 14.6 Å². The predicted molar refractivity (Wildman–Crippen MR) is 131 cm³/mol. The molecule has 9 nitrogen and oxygen atoms in total. The fourth-order valence-electron chi connectivity index (χ4n) is 3.87. The molecule has 0 spiro atoms. The largest absolute Gasteiger partial charge is 0.495 e. The molecule has 34 heavy (non-hydrogen) atoms. The number of carbonyl (C=O) groups is 1. The zero-order valence-electron chi connectivity index (χ0n) is 19.8. The molecule has 0 bridgehead atoms. The van der Waals surface area contributed by atoms with Gasteiger partial charge in [-0.05, 0) is 30.3 Å². The van der Waals surface area contributed by atoms with Crippen LogP contribution >= 0.6 is 11.3 Å². The van der Waals surface area contributed by atoms with Crippen LogP contribution in [0.4, 0.5) is 5.13 Å². The number of hydrogen-bond acceptors (Lipinski definition) is 9. The second kappa shape index (κ2) is 10.9. The topological polar surface area (TPSA) is 82.6 Å². The molecule has 0 saturated carbocycles. The van der Waals surface area contributed by atoms with Crippen molar-refractivity contribution in [3.05, 3.63) is 35.9 Å². The van der Waals surface area contributed by atoms with Crippen LogP contribution in [-0.4, -0.2) is 83.6 Å². The molecule has 182 valence electrons.